The molecule has 3 nitrogen and oxygen atoms in total. The van der Waals surface area contributed by atoms with Gasteiger partial charge in [-0.1, -0.05) is 25.8 Å². The summed E-state index contributed by atoms with van der Waals surface area (Å²) in [6, 6.07) is 5.95. The number of carbonyl (C=O) groups excluding carboxylic acids is 1. The zero-order valence-corrected chi connectivity index (χ0v) is 12.1. The van der Waals surface area contributed by atoms with Crippen LogP contribution in [0.1, 0.15) is 36.5 Å². The Kier molecular flexibility index (Phi) is 5.53. The van der Waals surface area contributed by atoms with E-state index in [9.17, 15) is 9.18 Å². The van der Waals surface area contributed by atoms with Crippen LogP contribution in [0.15, 0.2) is 24.3 Å². The zero-order valence-electron chi connectivity index (χ0n) is 12.1. The molecule has 1 amide bonds. The fourth-order valence-corrected chi connectivity index (χ4v) is 2.56. The number of piperazine rings is 1. The van der Waals surface area contributed by atoms with Crippen LogP contribution in [0.25, 0.3) is 0 Å². The number of amides is 1. The molecular formula is C16H23FN2O. The Hall–Kier alpha value is -1.42. The maximum atomic E-state index is 13.2. The van der Waals surface area contributed by atoms with E-state index in [1.165, 1.54) is 31.4 Å². The Balaban J connectivity index is 1.83. The average Bonchev–Trinajstić information content (AvgIpc) is 2.47. The van der Waals surface area contributed by atoms with E-state index < -0.39 is 0 Å². The second-order valence-electron chi connectivity index (χ2n) is 5.35. The predicted molar refractivity (Wildman–Crippen MR) is 78.3 cm³/mol. The van der Waals surface area contributed by atoms with Crippen LogP contribution in [0.3, 0.4) is 0 Å². The highest BCUT2D eigenvalue weighted by molar-refractivity contribution is 5.94. The third-order valence-electron chi connectivity index (χ3n) is 3.81. The van der Waals surface area contributed by atoms with Gasteiger partial charge < -0.3 is 4.90 Å². The lowest BCUT2D eigenvalue weighted by Gasteiger charge is -2.34. The van der Waals surface area contributed by atoms with E-state index in [1.807, 2.05) is 4.90 Å². The smallest absolute Gasteiger partial charge is 0.254 e. The number of benzene rings is 1. The Bertz CT molecular complexity index is 442. The highest BCUT2D eigenvalue weighted by Gasteiger charge is 2.21. The van der Waals surface area contributed by atoms with E-state index in [1.54, 1.807) is 12.1 Å². The van der Waals surface area contributed by atoms with E-state index >= 15 is 0 Å². The first kappa shape index (κ1) is 15.0. The van der Waals surface area contributed by atoms with Crippen LogP contribution in [0, 0.1) is 5.82 Å². The van der Waals surface area contributed by atoms with E-state index in [4.69, 9.17) is 0 Å². The van der Waals surface area contributed by atoms with Gasteiger partial charge in [-0.25, -0.2) is 4.39 Å². The summed E-state index contributed by atoms with van der Waals surface area (Å²) in [5.74, 6) is -0.410. The molecule has 0 spiro atoms. The second kappa shape index (κ2) is 7.39. The number of carbonyl (C=O) groups is 1. The minimum atomic E-state index is -0.353. The molecule has 110 valence electrons. The fourth-order valence-electron chi connectivity index (χ4n) is 2.56. The number of rotatable bonds is 5. The molecule has 0 bridgehead atoms. The second-order valence-corrected chi connectivity index (χ2v) is 5.35. The molecule has 0 radical (unpaired) electrons. The summed E-state index contributed by atoms with van der Waals surface area (Å²) in [7, 11) is 0. The molecule has 1 fully saturated rings. The topological polar surface area (TPSA) is 23.6 Å². The van der Waals surface area contributed by atoms with Crippen molar-refractivity contribution in [2.75, 3.05) is 32.7 Å². The van der Waals surface area contributed by atoms with Crippen LogP contribution in [-0.2, 0) is 0 Å². The van der Waals surface area contributed by atoms with E-state index in [2.05, 4.69) is 11.8 Å². The zero-order chi connectivity index (χ0) is 14.4. The summed E-state index contributed by atoms with van der Waals surface area (Å²) < 4.78 is 13.2. The highest BCUT2D eigenvalue weighted by atomic mass is 19.1. The molecule has 1 aliphatic heterocycles. The van der Waals surface area contributed by atoms with Crippen LogP contribution in [-0.4, -0.2) is 48.4 Å². The lowest BCUT2D eigenvalue weighted by atomic mass is 10.1. The van der Waals surface area contributed by atoms with Crippen molar-refractivity contribution < 1.29 is 9.18 Å². The molecule has 20 heavy (non-hydrogen) atoms. The van der Waals surface area contributed by atoms with Crippen molar-refractivity contribution in [2.45, 2.75) is 26.2 Å². The quantitative estimate of drug-likeness (QED) is 0.773. The summed E-state index contributed by atoms with van der Waals surface area (Å²) in [4.78, 5) is 16.5. The number of unbranched alkanes of at least 4 members (excludes halogenated alkanes) is 2. The predicted octanol–water partition coefficient (Wildman–Crippen LogP) is 2.77. The Labute approximate surface area is 120 Å². The van der Waals surface area contributed by atoms with Crippen molar-refractivity contribution >= 4 is 5.91 Å². The van der Waals surface area contributed by atoms with Crippen LogP contribution in [0.4, 0.5) is 4.39 Å². The van der Waals surface area contributed by atoms with Gasteiger partial charge in [-0.3, -0.25) is 9.69 Å². The van der Waals surface area contributed by atoms with Gasteiger partial charge in [0.1, 0.15) is 5.82 Å². The molecule has 0 saturated carbocycles. The van der Waals surface area contributed by atoms with Gasteiger partial charge >= 0.3 is 0 Å². The summed E-state index contributed by atoms with van der Waals surface area (Å²) in [5, 5.41) is 0. The van der Waals surface area contributed by atoms with Crippen LogP contribution in [0.5, 0.6) is 0 Å². The lowest BCUT2D eigenvalue weighted by Crippen LogP contribution is -2.48. The van der Waals surface area contributed by atoms with Crippen molar-refractivity contribution in [1.82, 2.24) is 9.80 Å². The molecular weight excluding hydrogens is 255 g/mol. The van der Waals surface area contributed by atoms with Crippen molar-refractivity contribution in [3.63, 3.8) is 0 Å². The summed E-state index contributed by atoms with van der Waals surface area (Å²) in [6.45, 7) is 6.64. The average molecular weight is 278 g/mol. The van der Waals surface area contributed by atoms with Gasteiger partial charge in [-0.2, -0.15) is 0 Å². The summed E-state index contributed by atoms with van der Waals surface area (Å²) >= 11 is 0. The van der Waals surface area contributed by atoms with Crippen molar-refractivity contribution in [2.24, 2.45) is 0 Å². The molecule has 1 heterocycles. The molecule has 4 heteroatoms. The molecule has 1 aromatic carbocycles. The molecule has 0 atom stereocenters. The van der Waals surface area contributed by atoms with Crippen LogP contribution in [0.2, 0.25) is 0 Å². The van der Waals surface area contributed by atoms with Gasteiger partial charge in [-0.05, 0) is 31.2 Å². The first-order chi connectivity index (χ1) is 9.70. The lowest BCUT2D eigenvalue weighted by molar-refractivity contribution is 0.0635. The van der Waals surface area contributed by atoms with Gasteiger partial charge in [0.2, 0.25) is 0 Å². The maximum absolute atomic E-state index is 13.2. The molecule has 2 rings (SSSR count). The third kappa shape index (κ3) is 4.04. The van der Waals surface area contributed by atoms with Crippen LogP contribution < -0.4 is 0 Å². The Morgan fingerprint density at radius 1 is 1.20 bits per heavy atom. The maximum Gasteiger partial charge on any atom is 0.254 e. The monoisotopic (exact) mass is 278 g/mol. The SMILES string of the molecule is CCCCCN1CCN(C(=O)c2cccc(F)c2)CC1. The fraction of sp³-hybridized carbons (Fsp3) is 0.562. The van der Waals surface area contributed by atoms with Crippen molar-refractivity contribution in [3.8, 4) is 0 Å². The minimum absolute atomic E-state index is 0.0577. The first-order valence-corrected chi connectivity index (χ1v) is 7.48. The standard InChI is InChI=1S/C16H23FN2O/c1-2-3-4-8-18-9-11-19(12-10-18)16(20)14-6-5-7-15(17)13-14/h5-7,13H,2-4,8-12H2,1H3. The first-order valence-electron chi connectivity index (χ1n) is 7.48. The minimum Gasteiger partial charge on any atom is -0.336 e. The molecule has 0 N–H and O–H groups in total. The summed E-state index contributed by atoms with van der Waals surface area (Å²) in [5.41, 5.74) is 0.449. The van der Waals surface area contributed by atoms with Crippen molar-refractivity contribution in [1.29, 1.82) is 0 Å². The number of hydrogen-bond acceptors (Lipinski definition) is 2. The van der Waals surface area contributed by atoms with Crippen molar-refractivity contribution in [3.05, 3.63) is 35.6 Å². The van der Waals surface area contributed by atoms with Crippen LogP contribution >= 0.6 is 0 Å². The van der Waals surface area contributed by atoms with E-state index in [0.717, 1.165) is 32.7 Å². The number of halogens is 1. The van der Waals surface area contributed by atoms with Gasteiger partial charge in [-0.15, -0.1) is 0 Å². The Morgan fingerprint density at radius 3 is 2.60 bits per heavy atom. The van der Waals surface area contributed by atoms with Gasteiger partial charge in [0.05, 0.1) is 0 Å². The largest absolute Gasteiger partial charge is 0.336 e. The van der Waals surface area contributed by atoms with E-state index in [-0.39, 0.29) is 11.7 Å². The molecule has 1 aromatic rings. The van der Waals surface area contributed by atoms with E-state index in [0.29, 0.717) is 5.56 Å². The number of nitrogens with zero attached hydrogens (tertiary/aromatic N) is 2. The van der Waals surface area contributed by atoms with Gasteiger partial charge in [0, 0.05) is 31.7 Å². The normalized spacial score (nSPS) is 16.4. The number of hydrogen-bond donors (Lipinski definition) is 0. The highest BCUT2D eigenvalue weighted by Crippen LogP contribution is 2.11. The molecule has 1 aliphatic rings. The summed E-state index contributed by atoms with van der Waals surface area (Å²) in [6.07, 6.45) is 3.73. The molecule has 1 saturated heterocycles. The third-order valence-corrected chi connectivity index (χ3v) is 3.81. The molecule has 0 aliphatic carbocycles. The molecule has 0 aromatic heterocycles. The molecule has 0 unspecified atom stereocenters. The van der Waals surface area contributed by atoms with Gasteiger partial charge in [0.15, 0.2) is 0 Å². The Morgan fingerprint density at radius 2 is 1.95 bits per heavy atom. The van der Waals surface area contributed by atoms with Gasteiger partial charge in [0.25, 0.3) is 5.91 Å².